The number of hydrogen-bond acceptors (Lipinski definition) is 2. The van der Waals surface area contributed by atoms with Crippen molar-refractivity contribution in [3.05, 3.63) is 59.2 Å². The fourth-order valence-corrected chi connectivity index (χ4v) is 2.17. The molecule has 18 heavy (non-hydrogen) atoms. The van der Waals surface area contributed by atoms with Crippen LogP contribution in [0.3, 0.4) is 0 Å². The maximum Gasteiger partial charge on any atom is 0.258 e. The van der Waals surface area contributed by atoms with Gasteiger partial charge in [-0.3, -0.25) is 14.9 Å². The SMILES string of the molecule is Cc1cccc(-c2ccc3c(c2)C(=O)NC3=O)c1. The monoisotopic (exact) mass is 237 g/mol. The Kier molecular flexibility index (Phi) is 2.27. The fraction of sp³-hybridized carbons (Fsp3) is 0.0667. The van der Waals surface area contributed by atoms with Crippen LogP contribution < -0.4 is 5.32 Å². The van der Waals surface area contributed by atoms with Gasteiger partial charge < -0.3 is 0 Å². The maximum atomic E-state index is 11.6. The van der Waals surface area contributed by atoms with E-state index in [2.05, 4.69) is 11.4 Å². The summed E-state index contributed by atoms with van der Waals surface area (Å²) in [7, 11) is 0. The van der Waals surface area contributed by atoms with Crippen LogP contribution in [0, 0.1) is 6.92 Å². The van der Waals surface area contributed by atoms with Crippen LogP contribution in [0.2, 0.25) is 0 Å². The Balaban J connectivity index is 2.14. The summed E-state index contributed by atoms with van der Waals surface area (Å²) in [6.45, 7) is 2.02. The summed E-state index contributed by atoms with van der Waals surface area (Å²) in [4.78, 5) is 23.0. The highest BCUT2D eigenvalue weighted by atomic mass is 16.2. The standard InChI is InChI=1S/C15H11NO2/c1-9-3-2-4-10(7-9)11-5-6-12-13(8-11)15(18)16-14(12)17/h2-8H,1H3,(H,16,17,18). The van der Waals surface area contributed by atoms with Crippen molar-refractivity contribution in [2.45, 2.75) is 6.92 Å². The van der Waals surface area contributed by atoms with Gasteiger partial charge in [0.1, 0.15) is 0 Å². The molecule has 0 saturated carbocycles. The highest BCUT2D eigenvalue weighted by Crippen LogP contribution is 2.25. The molecule has 0 bridgehead atoms. The van der Waals surface area contributed by atoms with Crippen LogP contribution in [0.25, 0.3) is 11.1 Å². The zero-order chi connectivity index (χ0) is 12.7. The van der Waals surface area contributed by atoms with Gasteiger partial charge in [-0.1, -0.05) is 35.9 Å². The molecule has 3 heteroatoms. The Bertz CT molecular complexity index is 674. The summed E-state index contributed by atoms with van der Waals surface area (Å²) < 4.78 is 0. The molecular formula is C15H11NO2. The van der Waals surface area contributed by atoms with Gasteiger partial charge >= 0.3 is 0 Å². The largest absolute Gasteiger partial charge is 0.288 e. The third kappa shape index (κ3) is 1.61. The van der Waals surface area contributed by atoms with Crippen LogP contribution >= 0.6 is 0 Å². The highest BCUT2D eigenvalue weighted by Gasteiger charge is 2.26. The molecule has 1 N–H and O–H groups in total. The smallest absolute Gasteiger partial charge is 0.258 e. The van der Waals surface area contributed by atoms with Gasteiger partial charge in [-0.25, -0.2) is 0 Å². The van der Waals surface area contributed by atoms with Gasteiger partial charge in [0.15, 0.2) is 0 Å². The third-order valence-electron chi connectivity index (χ3n) is 3.09. The first kappa shape index (κ1) is 10.7. The topological polar surface area (TPSA) is 46.2 Å². The first-order valence-corrected chi connectivity index (χ1v) is 5.72. The van der Waals surface area contributed by atoms with E-state index in [0.29, 0.717) is 11.1 Å². The van der Waals surface area contributed by atoms with Crippen LogP contribution in [0.15, 0.2) is 42.5 Å². The summed E-state index contributed by atoms with van der Waals surface area (Å²) in [6.07, 6.45) is 0. The Hall–Kier alpha value is -2.42. The minimum Gasteiger partial charge on any atom is -0.288 e. The lowest BCUT2D eigenvalue weighted by atomic mass is 9.99. The van der Waals surface area contributed by atoms with E-state index in [1.807, 2.05) is 31.2 Å². The molecule has 3 rings (SSSR count). The second-order valence-corrected chi connectivity index (χ2v) is 4.41. The van der Waals surface area contributed by atoms with Crippen molar-refractivity contribution in [2.24, 2.45) is 0 Å². The molecule has 2 amide bonds. The lowest BCUT2D eigenvalue weighted by Gasteiger charge is -2.04. The van der Waals surface area contributed by atoms with Crippen molar-refractivity contribution in [3.8, 4) is 11.1 Å². The first-order chi connectivity index (χ1) is 8.65. The predicted molar refractivity (Wildman–Crippen MR) is 68.4 cm³/mol. The molecule has 2 aromatic rings. The van der Waals surface area contributed by atoms with Crippen LogP contribution in [-0.2, 0) is 0 Å². The molecule has 0 spiro atoms. The number of fused-ring (bicyclic) bond motifs is 1. The second-order valence-electron chi connectivity index (χ2n) is 4.41. The van der Waals surface area contributed by atoms with E-state index in [1.165, 1.54) is 0 Å². The molecule has 0 fully saturated rings. The van der Waals surface area contributed by atoms with Crippen molar-refractivity contribution in [1.82, 2.24) is 5.32 Å². The van der Waals surface area contributed by atoms with E-state index < -0.39 is 0 Å². The summed E-state index contributed by atoms with van der Waals surface area (Å²) in [5.41, 5.74) is 4.07. The molecule has 1 aliphatic rings. The van der Waals surface area contributed by atoms with E-state index in [4.69, 9.17) is 0 Å². The van der Waals surface area contributed by atoms with E-state index in [0.717, 1.165) is 16.7 Å². The summed E-state index contributed by atoms with van der Waals surface area (Å²) in [6, 6.07) is 13.4. The lowest BCUT2D eigenvalue weighted by molar-refractivity contribution is 0.0879. The molecule has 0 radical (unpaired) electrons. The van der Waals surface area contributed by atoms with Gasteiger partial charge in [-0.05, 0) is 30.2 Å². The number of nitrogens with one attached hydrogen (secondary N) is 1. The van der Waals surface area contributed by atoms with Crippen molar-refractivity contribution < 1.29 is 9.59 Å². The van der Waals surface area contributed by atoms with E-state index in [1.54, 1.807) is 12.1 Å². The van der Waals surface area contributed by atoms with Crippen molar-refractivity contribution in [1.29, 1.82) is 0 Å². The van der Waals surface area contributed by atoms with Gasteiger partial charge in [0.05, 0.1) is 11.1 Å². The van der Waals surface area contributed by atoms with Gasteiger partial charge in [0.2, 0.25) is 0 Å². The lowest BCUT2D eigenvalue weighted by Crippen LogP contribution is -2.19. The highest BCUT2D eigenvalue weighted by molar-refractivity contribution is 6.21. The number of rotatable bonds is 1. The second kappa shape index (κ2) is 3.81. The molecular weight excluding hydrogens is 226 g/mol. The average Bonchev–Trinajstić information content (AvgIpc) is 2.65. The van der Waals surface area contributed by atoms with Crippen molar-refractivity contribution >= 4 is 11.8 Å². The number of aryl methyl sites for hydroxylation is 1. The summed E-state index contributed by atoms with van der Waals surface area (Å²) in [5.74, 6) is -0.629. The normalized spacial score (nSPS) is 13.4. The van der Waals surface area contributed by atoms with Crippen LogP contribution in [0.1, 0.15) is 26.3 Å². The Morgan fingerprint density at radius 3 is 2.33 bits per heavy atom. The van der Waals surface area contributed by atoms with Crippen LogP contribution in [0.4, 0.5) is 0 Å². The fourth-order valence-electron chi connectivity index (χ4n) is 2.17. The summed E-state index contributed by atoms with van der Waals surface area (Å²) >= 11 is 0. The Morgan fingerprint density at radius 2 is 1.56 bits per heavy atom. The van der Waals surface area contributed by atoms with Crippen LogP contribution in [-0.4, -0.2) is 11.8 Å². The van der Waals surface area contributed by atoms with Gasteiger partial charge in [-0.15, -0.1) is 0 Å². The third-order valence-corrected chi connectivity index (χ3v) is 3.09. The van der Waals surface area contributed by atoms with E-state index >= 15 is 0 Å². The van der Waals surface area contributed by atoms with Crippen LogP contribution in [0.5, 0.6) is 0 Å². The zero-order valence-corrected chi connectivity index (χ0v) is 9.86. The quantitative estimate of drug-likeness (QED) is 0.775. The molecule has 3 nitrogen and oxygen atoms in total. The van der Waals surface area contributed by atoms with Gasteiger partial charge in [0, 0.05) is 0 Å². The van der Waals surface area contributed by atoms with E-state index in [9.17, 15) is 9.59 Å². The molecule has 1 heterocycles. The number of hydrogen-bond donors (Lipinski definition) is 1. The molecule has 88 valence electrons. The Morgan fingerprint density at radius 1 is 0.833 bits per heavy atom. The predicted octanol–water partition coefficient (Wildman–Crippen LogP) is 2.55. The molecule has 0 aromatic heterocycles. The summed E-state index contributed by atoms with van der Waals surface area (Å²) in [5, 5.41) is 2.29. The van der Waals surface area contributed by atoms with Gasteiger partial charge in [0.25, 0.3) is 11.8 Å². The molecule has 1 aliphatic heterocycles. The minimum absolute atomic E-state index is 0.314. The van der Waals surface area contributed by atoms with Crippen molar-refractivity contribution in [2.75, 3.05) is 0 Å². The first-order valence-electron chi connectivity index (χ1n) is 5.72. The average molecular weight is 237 g/mol. The number of benzene rings is 2. The Labute approximate surface area is 104 Å². The molecule has 0 saturated heterocycles. The number of imide groups is 1. The molecule has 0 atom stereocenters. The minimum atomic E-state index is -0.315. The van der Waals surface area contributed by atoms with E-state index in [-0.39, 0.29) is 11.8 Å². The zero-order valence-electron chi connectivity index (χ0n) is 9.86. The maximum absolute atomic E-state index is 11.6. The number of amides is 2. The molecule has 2 aromatic carbocycles. The molecule has 0 aliphatic carbocycles. The number of carbonyl (C=O) groups excluding carboxylic acids is 2. The molecule has 0 unspecified atom stereocenters. The number of carbonyl (C=O) groups is 2. The van der Waals surface area contributed by atoms with Gasteiger partial charge in [-0.2, -0.15) is 0 Å². The van der Waals surface area contributed by atoms with Crippen molar-refractivity contribution in [3.63, 3.8) is 0 Å².